The van der Waals surface area contributed by atoms with E-state index >= 15 is 0 Å². The molecule has 1 aliphatic rings. The van der Waals surface area contributed by atoms with Gasteiger partial charge < -0.3 is 16.2 Å². The molecule has 0 radical (unpaired) electrons. The normalized spacial score (nSPS) is 18.0. The van der Waals surface area contributed by atoms with Gasteiger partial charge >= 0.3 is 0 Å². The molecule has 1 aromatic rings. The van der Waals surface area contributed by atoms with Crippen molar-refractivity contribution in [3.63, 3.8) is 0 Å². The second-order valence-electron chi connectivity index (χ2n) is 4.52. The molecule has 3 heteroatoms. The zero-order valence-corrected chi connectivity index (χ0v) is 9.61. The van der Waals surface area contributed by atoms with Gasteiger partial charge in [0, 0.05) is 6.07 Å². The molecule has 0 aliphatic heterocycles. The number of hydrogen-bond acceptors (Lipinski definition) is 3. The molecule has 88 valence electrons. The summed E-state index contributed by atoms with van der Waals surface area (Å²) in [5.74, 6) is 0.846. The number of benzene rings is 1. The van der Waals surface area contributed by atoms with Crippen LogP contribution in [0.15, 0.2) is 18.2 Å². The summed E-state index contributed by atoms with van der Waals surface area (Å²) in [6.07, 6.45) is 7.89. The van der Waals surface area contributed by atoms with E-state index in [9.17, 15) is 0 Å². The molecule has 1 aliphatic carbocycles. The maximum absolute atomic E-state index is 5.94. The van der Waals surface area contributed by atoms with Crippen LogP contribution in [0.1, 0.15) is 38.5 Å². The Morgan fingerprint density at radius 3 is 2.25 bits per heavy atom. The second kappa shape index (κ2) is 5.10. The molecular weight excluding hydrogens is 200 g/mol. The van der Waals surface area contributed by atoms with Crippen molar-refractivity contribution < 1.29 is 4.74 Å². The molecule has 0 aromatic heterocycles. The minimum absolute atomic E-state index is 0.352. The Kier molecular flexibility index (Phi) is 3.54. The van der Waals surface area contributed by atoms with Gasteiger partial charge in [-0.15, -0.1) is 0 Å². The van der Waals surface area contributed by atoms with Gasteiger partial charge in [0.15, 0.2) is 0 Å². The fourth-order valence-corrected chi connectivity index (χ4v) is 2.18. The number of hydrogen-bond donors (Lipinski definition) is 2. The van der Waals surface area contributed by atoms with E-state index in [0.29, 0.717) is 17.5 Å². The highest BCUT2D eigenvalue weighted by Gasteiger charge is 2.13. The van der Waals surface area contributed by atoms with Crippen molar-refractivity contribution in [2.75, 3.05) is 11.5 Å². The minimum Gasteiger partial charge on any atom is -0.490 e. The van der Waals surface area contributed by atoms with E-state index in [4.69, 9.17) is 16.2 Å². The predicted molar refractivity (Wildman–Crippen MR) is 67.4 cm³/mol. The second-order valence-corrected chi connectivity index (χ2v) is 4.52. The summed E-state index contributed by atoms with van der Waals surface area (Å²) in [7, 11) is 0. The molecule has 0 spiro atoms. The molecule has 1 aromatic carbocycles. The van der Waals surface area contributed by atoms with Gasteiger partial charge in [-0.05, 0) is 37.8 Å². The monoisotopic (exact) mass is 220 g/mol. The molecule has 16 heavy (non-hydrogen) atoms. The molecule has 0 atom stereocenters. The number of anilines is 2. The van der Waals surface area contributed by atoms with Gasteiger partial charge in [0.05, 0.1) is 17.5 Å². The van der Waals surface area contributed by atoms with Crippen molar-refractivity contribution in [2.24, 2.45) is 0 Å². The molecule has 0 saturated heterocycles. The van der Waals surface area contributed by atoms with Gasteiger partial charge in [0.2, 0.25) is 0 Å². The third kappa shape index (κ3) is 2.81. The van der Waals surface area contributed by atoms with Gasteiger partial charge in [-0.25, -0.2) is 0 Å². The first-order chi connectivity index (χ1) is 7.75. The first-order valence-corrected chi connectivity index (χ1v) is 6.07. The fraction of sp³-hybridized carbons (Fsp3) is 0.538. The molecule has 0 heterocycles. The minimum atomic E-state index is 0.352. The lowest BCUT2D eigenvalue weighted by atomic mass is 10.1. The fourth-order valence-electron chi connectivity index (χ4n) is 2.18. The van der Waals surface area contributed by atoms with E-state index in [1.165, 1.54) is 25.7 Å². The molecule has 1 fully saturated rings. The van der Waals surface area contributed by atoms with Crippen LogP contribution in [0.3, 0.4) is 0 Å². The Morgan fingerprint density at radius 1 is 0.938 bits per heavy atom. The molecule has 0 bridgehead atoms. The van der Waals surface area contributed by atoms with Crippen molar-refractivity contribution in [3.05, 3.63) is 18.2 Å². The molecule has 0 unspecified atom stereocenters. The number of rotatable bonds is 2. The van der Waals surface area contributed by atoms with Crippen LogP contribution >= 0.6 is 0 Å². The Hall–Kier alpha value is -1.38. The summed E-state index contributed by atoms with van der Waals surface area (Å²) >= 11 is 0. The third-order valence-corrected chi connectivity index (χ3v) is 3.16. The Bertz CT molecular complexity index is 344. The molecule has 4 N–H and O–H groups in total. The summed E-state index contributed by atoms with van der Waals surface area (Å²) < 4.78 is 5.94. The molecule has 1 saturated carbocycles. The topological polar surface area (TPSA) is 61.3 Å². The first kappa shape index (κ1) is 11.1. The Balaban J connectivity index is 1.99. The lowest BCUT2D eigenvalue weighted by molar-refractivity contribution is 0.184. The van der Waals surface area contributed by atoms with Crippen LogP contribution in [0.25, 0.3) is 0 Å². The standard InChI is InChI=1S/C13H20N2O/c14-12-8-7-11(9-13(12)15)16-10-5-3-1-2-4-6-10/h7-10H,1-6,14-15H2. The van der Waals surface area contributed by atoms with E-state index in [0.717, 1.165) is 18.6 Å². The lowest BCUT2D eigenvalue weighted by Gasteiger charge is -2.17. The molecule has 0 amide bonds. The SMILES string of the molecule is Nc1ccc(OC2CCCCCC2)cc1N. The summed E-state index contributed by atoms with van der Waals surface area (Å²) in [4.78, 5) is 0. The van der Waals surface area contributed by atoms with E-state index in [1.807, 2.05) is 12.1 Å². The number of nitrogen functional groups attached to an aromatic ring is 2. The van der Waals surface area contributed by atoms with Gasteiger partial charge in [-0.1, -0.05) is 12.8 Å². The van der Waals surface area contributed by atoms with E-state index < -0.39 is 0 Å². The maximum Gasteiger partial charge on any atom is 0.121 e. The third-order valence-electron chi connectivity index (χ3n) is 3.16. The molecule has 3 nitrogen and oxygen atoms in total. The summed E-state index contributed by atoms with van der Waals surface area (Å²) in [5, 5.41) is 0. The summed E-state index contributed by atoms with van der Waals surface area (Å²) in [6, 6.07) is 5.53. The Labute approximate surface area is 96.8 Å². The van der Waals surface area contributed by atoms with Crippen LogP contribution in [-0.4, -0.2) is 6.10 Å². The van der Waals surface area contributed by atoms with Crippen LogP contribution < -0.4 is 16.2 Å². The van der Waals surface area contributed by atoms with Crippen molar-refractivity contribution in [2.45, 2.75) is 44.6 Å². The van der Waals surface area contributed by atoms with E-state index in [-0.39, 0.29) is 0 Å². The summed E-state index contributed by atoms with van der Waals surface area (Å²) in [5.41, 5.74) is 12.6. The summed E-state index contributed by atoms with van der Waals surface area (Å²) in [6.45, 7) is 0. The van der Waals surface area contributed by atoms with Crippen LogP contribution in [-0.2, 0) is 0 Å². The van der Waals surface area contributed by atoms with Crippen LogP contribution in [0.4, 0.5) is 11.4 Å². The number of nitrogens with two attached hydrogens (primary N) is 2. The van der Waals surface area contributed by atoms with Gasteiger partial charge in [-0.2, -0.15) is 0 Å². The van der Waals surface area contributed by atoms with Crippen molar-refractivity contribution in [1.82, 2.24) is 0 Å². The van der Waals surface area contributed by atoms with E-state index in [1.54, 1.807) is 6.07 Å². The predicted octanol–water partition coefficient (Wildman–Crippen LogP) is 2.95. The quantitative estimate of drug-likeness (QED) is 0.595. The van der Waals surface area contributed by atoms with Gasteiger partial charge in [-0.3, -0.25) is 0 Å². The average molecular weight is 220 g/mol. The van der Waals surface area contributed by atoms with Crippen LogP contribution in [0, 0.1) is 0 Å². The molecular formula is C13H20N2O. The van der Waals surface area contributed by atoms with Crippen LogP contribution in [0.2, 0.25) is 0 Å². The Morgan fingerprint density at radius 2 is 1.62 bits per heavy atom. The highest BCUT2D eigenvalue weighted by molar-refractivity contribution is 5.65. The van der Waals surface area contributed by atoms with Crippen molar-refractivity contribution in [3.8, 4) is 5.75 Å². The lowest BCUT2D eigenvalue weighted by Crippen LogP contribution is -2.15. The zero-order valence-electron chi connectivity index (χ0n) is 9.61. The van der Waals surface area contributed by atoms with Gasteiger partial charge in [0.25, 0.3) is 0 Å². The van der Waals surface area contributed by atoms with Gasteiger partial charge in [0.1, 0.15) is 5.75 Å². The molecule has 2 rings (SSSR count). The van der Waals surface area contributed by atoms with E-state index in [2.05, 4.69) is 0 Å². The maximum atomic E-state index is 5.94. The highest BCUT2D eigenvalue weighted by atomic mass is 16.5. The average Bonchev–Trinajstić information content (AvgIpc) is 2.52. The highest BCUT2D eigenvalue weighted by Crippen LogP contribution is 2.26. The smallest absolute Gasteiger partial charge is 0.121 e. The zero-order chi connectivity index (χ0) is 11.4. The van der Waals surface area contributed by atoms with Crippen molar-refractivity contribution in [1.29, 1.82) is 0 Å². The largest absolute Gasteiger partial charge is 0.490 e. The number of ether oxygens (including phenoxy) is 1. The first-order valence-electron chi connectivity index (χ1n) is 6.07. The van der Waals surface area contributed by atoms with Crippen molar-refractivity contribution >= 4 is 11.4 Å². The van der Waals surface area contributed by atoms with Crippen LogP contribution in [0.5, 0.6) is 5.75 Å².